The van der Waals surface area contributed by atoms with E-state index in [2.05, 4.69) is 0 Å². The fourth-order valence-electron chi connectivity index (χ4n) is 4.42. The van der Waals surface area contributed by atoms with Gasteiger partial charge in [-0.2, -0.15) is 0 Å². The topological polar surface area (TPSA) is 209 Å². The number of fused-ring (bicyclic) bond motifs is 1. The van der Waals surface area contributed by atoms with Gasteiger partial charge in [-0.05, 0) is 73.6 Å². The van der Waals surface area contributed by atoms with Crippen molar-refractivity contribution in [1.82, 2.24) is 0 Å². The van der Waals surface area contributed by atoms with E-state index in [4.69, 9.17) is 58.7 Å². The lowest BCUT2D eigenvalue weighted by molar-refractivity contribution is 0.157. The van der Waals surface area contributed by atoms with Gasteiger partial charge >= 0.3 is 31.3 Å². The Labute approximate surface area is 308 Å². The highest BCUT2D eigenvalue weighted by Crippen LogP contribution is 2.57. The first-order valence-electron chi connectivity index (χ1n) is 16.8. The molecular weight excluding hydrogens is 784 g/mol. The molecule has 0 atom stereocenters. The molecule has 22 heteroatoms. The molecule has 298 valence electrons. The Kier molecular flexibility index (Phi) is 17.3. The molecular formula is C31H46O18P4. The van der Waals surface area contributed by atoms with Crippen molar-refractivity contribution in [2.75, 3.05) is 52.9 Å². The maximum absolute atomic E-state index is 13.8. The summed E-state index contributed by atoms with van der Waals surface area (Å²) >= 11 is 0. The van der Waals surface area contributed by atoms with Gasteiger partial charge in [-0.15, -0.1) is 0 Å². The fourth-order valence-corrected chi connectivity index (χ4v) is 9.19. The molecule has 1 aromatic heterocycles. The smallest absolute Gasteiger partial charge is 0.456 e. The number of hydrogen-bond acceptors (Lipinski definition) is 18. The van der Waals surface area contributed by atoms with Crippen LogP contribution in [0.15, 0.2) is 45.6 Å². The molecule has 2 aromatic carbocycles. The molecule has 0 N–H and O–H groups in total. The highest BCUT2D eigenvalue weighted by molar-refractivity contribution is 7.49. The van der Waals surface area contributed by atoms with Gasteiger partial charge in [0.25, 0.3) is 0 Å². The van der Waals surface area contributed by atoms with Gasteiger partial charge in [-0.3, -0.25) is 41.0 Å². The van der Waals surface area contributed by atoms with Gasteiger partial charge < -0.3 is 22.5 Å². The number of rotatable bonds is 25. The first kappa shape index (κ1) is 44.8. The number of benzene rings is 2. The lowest BCUT2D eigenvalue weighted by Gasteiger charge is -2.22. The van der Waals surface area contributed by atoms with E-state index < -0.39 is 36.7 Å². The van der Waals surface area contributed by atoms with Gasteiger partial charge in [0.15, 0.2) is 16.9 Å². The molecule has 3 rings (SSSR count). The first-order valence-corrected chi connectivity index (χ1v) is 22.6. The average molecular weight is 831 g/mol. The maximum atomic E-state index is 13.8. The Morgan fingerprint density at radius 2 is 0.868 bits per heavy atom. The van der Waals surface area contributed by atoms with Crippen LogP contribution < -0.4 is 23.5 Å². The maximum Gasteiger partial charge on any atom is 0.530 e. The van der Waals surface area contributed by atoms with Crippen LogP contribution in [0, 0.1) is 0 Å². The number of hydrogen-bond donors (Lipinski definition) is 0. The summed E-state index contributed by atoms with van der Waals surface area (Å²) in [6, 6.07) is 7.41. The zero-order chi connectivity index (χ0) is 39.3. The molecule has 0 unspecified atom stereocenters. The molecule has 0 radical (unpaired) electrons. The van der Waals surface area contributed by atoms with Crippen molar-refractivity contribution in [2.45, 2.75) is 55.4 Å². The Morgan fingerprint density at radius 1 is 0.472 bits per heavy atom. The van der Waals surface area contributed by atoms with Crippen LogP contribution in [0.1, 0.15) is 55.4 Å². The van der Waals surface area contributed by atoms with Crippen LogP contribution >= 0.6 is 31.3 Å². The minimum atomic E-state index is -4.30. The minimum Gasteiger partial charge on any atom is -0.456 e. The van der Waals surface area contributed by atoms with Crippen LogP contribution in [-0.2, 0) is 54.5 Å². The highest BCUT2D eigenvalue weighted by Gasteiger charge is 2.35. The van der Waals surface area contributed by atoms with E-state index in [1.165, 1.54) is 24.3 Å². The molecule has 0 spiro atoms. The second-order valence-electron chi connectivity index (χ2n) is 9.93. The zero-order valence-electron chi connectivity index (χ0n) is 30.8. The van der Waals surface area contributed by atoms with Gasteiger partial charge in [-0.25, -0.2) is 18.3 Å². The molecule has 0 saturated heterocycles. The van der Waals surface area contributed by atoms with Crippen LogP contribution in [0.25, 0.3) is 22.3 Å². The van der Waals surface area contributed by atoms with Crippen molar-refractivity contribution in [3.63, 3.8) is 0 Å². The lowest BCUT2D eigenvalue weighted by Crippen LogP contribution is -2.08. The molecule has 0 aliphatic carbocycles. The van der Waals surface area contributed by atoms with Crippen molar-refractivity contribution < 1.29 is 77.0 Å². The summed E-state index contributed by atoms with van der Waals surface area (Å²) in [4.78, 5) is 13.8. The monoisotopic (exact) mass is 830 g/mol. The van der Waals surface area contributed by atoms with Gasteiger partial charge in [0.05, 0.1) is 52.9 Å². The summed E-state index contributed by atoms with van der Waals surface area (Å²) in [5.41, 5.74) is -0.756. The Bertz CT molecular complexity index is 1870. The third-order valence-corrected chi connectivity index (χ3v) is 12.4. The van der Waals surface area contributed by atoms with Crippen LogP contribution in [0.3, 0.4) is 0 Å². The molecule has 0 aliphatic heterocycles. The highest BCUT2D eigenvalue weighted by atomic mass is 31.2. The Balaban J connectivity index is 2.31. The van der Waals surface area contributed by atoms with E-state index in [9.17, 15) is 23.1 Å². The summed E-state index contributed by atoms with van der Waals surface area (Å²) in [6.07, 6.45) is 0. The molecule has 0 saturated carbocycles. The van der Waals surface area contributed by atoms with Gasteiger partial charge in [0, 0.05) is 23.8 Å². The lowest BCUT2D eigenvalue weighted by atomic mass is 10.1. The van der Waals surface area contributed by atoms with E-state index in [1.807, 2.05) is 0 Å². The van der Waals surface area contributed by atoms with Gasteiger partial charge in [0.1, 0.15) is 28.2 Å². The van der Waals surface area contributed by atoms with Crippen LogP contribution in [0.4, 0.5) is 0 Å². The summed E-state index contributed by atoms with van der Waals surface area (Å²) < 4.78 is 124. The summed E-state index contributed by atoms with van der Waals surface area (Å²) in [6.45, 7) is 12.2. The number of phosphoric ester groups is 4. The quantitative estimate of drug-likeness (QED) is 0.0727. The molecule has 0 amide bonds. The molecule has 0 aliphatic rings. The van der Waals surface area contributed by atoms with E-state index in [0.717, 1.165) is 12.1 Å². The van der Waals surface area contributed by atoms with E-state index in [0.29, 0.717) is 0 Å². The van der Waals surface area contributed by atoms with E-state index in [-0.39, 0.29) is 98.1 Å². The third kappa shape index (κ3) is 12.5. The number of phosphoric acid groups is 4. The summed E-state index contributed by atoms with van der Waals surface area (Å²) in [5, 5.41) is -0.216. The standard InChI is InChI=1S/C31H46O18P4/c1-9-37-50(33,38-10-2)46-24-20-29-31(30(21-24)49-53(36,43-15-7)44-16-8)25(32)22-27(45-29)23-17-18-26(47-51(34,39-11-3)40-12-4)28(19-23)48-52(35,41-13-5)42-14-6/h17-22H,9-16H2,1-8H3. The summed E-state index contributed by atoms with van der Waals surface area (Å²) in [5.74, 6) is -1.22. The van der Waals surface area contributed by atoms with E-state index in [1.54, 1.807) is 55.4 Å². The van der Waals surface area contributed by atoms with Crippen LogP contribution in [0.5, 0.6) is 23.0 Å². The molecule has 53 heavy (non-hydrogen) atoms. The molecule has 1 heterocycles. The van der Waals surface area contributed by atoms with Crippen LogP contribution in [0.2, 0.25) is 0 Å². The van der Waals surface area contributed by atoms with Crippen molar-refractivity contribution in [2.24, 2.45) is 0 Å². The molecule has 18 nitrogen and oxygen atoms in total. The first-order chi connectivity index (χ1) is 25.2. The van der Waals surface area contributed by atoms with Crippen molar-refractivity contribution >= 4 is 42.3 Å². The summed E-state index contributed by atoms with van der Waals surface area (Å²) in [7, 11) is -17.0. The fraction of sp³-hybridized carbons (Fsp3) is 0.516. The molecule has 3 aromatic rings. The normalized spacial score (nSPS) is 12.6. The van der Waals surface area contributed by atoms with Gasteiger partial charge in [-0.1, -0.05) is 0 Å². The zero-order valence-corrected chi connectivity index (χ0v) is 34.3. The van der Waals surface area contributed by atoms with Gasteiger partial charge in [0.2, 0.25) is 0 Å². The molecule has 0 bridgehead atoms. The Morgan fingerprint density at radius 3 is 1.30 bits per heavy atom. The SMILES string of the molecule is CCOP(=O)(OCC)Oc1cc(OP(=O)(OCC)OCC)c2c(=O)cc(-c3ccc(OP(=O)(OCC)OCC)c(OP(=O)(OCC)OCC)c3)oc2c1. The largest absolute Gasteiger partial charge is 0.530 e. The van der Waals surface area contributed by atoms with Crippen molar-refractivity contribution in [3.05, 3.63) is 46.6 Å². The minimum absolute atomic E-state index is 0.0310. The predicted molar refractivity (Wildman–Crippen MR) is 194 cm³/mol. The third-order valence-electron chi connectivity index (χ3n) is 6.14. The second-order valence-corrected chi connectivity index (χ2v) is 16.3. The van der Waals surface area contributed by atoms with Crippen molar-refractivity contribution in [3.8, 4) is 34.3 Å². The van der Waals surface area contributed by atoms with Crippen LogP contribution in [-0.4, -0.2) is 52.9 Å². The average Bonchev–Trinajstić information content (AvgIpc) is 3.06. The van der Waals surface area contributed by atoms with E-state index >= 15 is 0 Å². The van der Waals surface area contributed by atoms with Crippen molar-refractivity contribution in [1.29, 1.82) is 0 Å². The Hall–Kier alpha value is -2.55. The second kappa shape index (κ2) is 20.4. The molecule has 0 fully saturated rings. The predicted octanol–water partition coefficient (Wildman–Crippen LogP) is 9.70.